The third kappa shape index (κ3) is 5.12. The number of nitrogens with one attached hydrogen (secondary N) is 2. The number of methoxy groups -OCH3 is 1. The topological polar surface area (TPSA) is 78.1 Å². The Morgan fingerprint density at radius 1 is 1.00 bits per heavy atom. The van der Waals surface area contributed by atoms with E-state index in [1.165, 1.54) is 0 Å². The molecule has 7 heteroatoms. The predicted octanol–water partition coefficient (Wildman–Crippen LogP) is 3.89. The minimum atomic E-state index is -0.409. The highest BCUT2D eigenvalue weighted by atomic mass is 16.7. The van der Waals surface area contributed by atoms with E-state index < -0.39 is 6.04 Å². The summed E-state index contributed by atoms with van der Waals surface area (Å²) < 4.78 is 21.8. The van der Waals surface area contributed by atoms with Crippen LogP contribution in [-0.4, -0.2) is 32.0 Å². The van der Waals surface area contributed by atoms with Crippen LogP contribution in [0, 0.1) is 0 Å². The minimum Gasteiger partial charge on any atom is -0.493 e. The van der Waals surface area contributed by atoms with Crippen LogP contribution in [0.15, 0.2) is 36.4 Å². The molecule has 2 unspecified atom stereocenters. The van der Waals surface area contributed by atoms with Gasteiger partial charge in [0.15, 0.2) is 23.0 Å². The number of hydrogen-bond acceptors (Lipinski definition) is 6. The molecule has 0 saturated carbocycles. The first kappa shape index (κ1) is 20.8. The first-order chi connectivity index (χ1) is 13.9. The fourth-order valence-electron chi connectivity index (χ4n) is 3.08. The van der Waals surface area contributed by atoms with Gasteiger partial charge >= 0.3 is 0 Å². The third-order valence-corrected chi connectivity index (χ3v) is 4.58. The van der Waals surface area contributed by atoms with Crippen molar-refractivity contribution >= 4 is 11.6 Å². The monoisotopic (exact) mass is 400 g/mol. The van der Waals surface area contributed by atoms with Gasteiger partial charge in [0.25, 0.3) is 0 Å². The number of benzene rings is 2. The maximum atomic E-state index is 12.6. The van der Waals surface area contributed by atoms with Gasteiger partial charge in [-0.15, -0.1) is 0 Å². The summed E-state index contributed by atoms with van der Waals surface area (Å²) in [7, 11) is 1.62. The van der Waals surface area contributed by atoms with Crippen molar-refractivity contribution in [3.63, 3.8) is 0 Å². The van der Waals surface area contributed by atoms with Crippen molar-refractivity contribution < 1.29 is 23.7 Å². The Hall–Kier alpha value is -2.93. The van der Waals surface area contributed by atoms with Gasteiger partial charge in [0.2, 0.25) is 12.7 Å². The second-order valence-corrected chi connectivity index (χ2v) is 7.24. The fourth-order valence-corrected chi connectivity index (χ4v) is 3.08. The molecule has 2 atom stereocenters. The summed E-state index contributed by atoms with van der Waals surface area (Å²) in [5.74, 6) is 2.55. The number of carbonyl (C=O) groups excluding carboxylic acids is 1. The van der Waals surface area contributed by atoms with Gasteiger partial charge in [0, 0.05) is 17.8 Å². The molecule has 0 aromatic heterocycles. The fraction of sp³-hybridized carbons (Fsp3) is 0.409. The van der Waals surface area contributed by atoms with Crippen LogP contribution in [0.4, 0.5) is 5.69 Å². The molecule has 29 heavy (non-hydrogen) atoms. The number of fused-ring (bicyclic) bond motifs is 1. The highest BCUT2D eigenvalue weighted by molar-refractivity contribution is 5.94. The van der Waals surface area contributed by atoms with E-state index >= 15 is 0 Å². The summed E-state index contributed by atoms with van der Waals surface area (Å²) in [6.07, 6.45) is 0.0604. The zero-order valence-electron chi connectivity index (χ0n) is 17.4. The standard InChI is InChI=1S/C22H28N2O5/c1-13(2)29-19-8-6-16(10-20(19)26-5)14(3)23-15(4)22(25)24-17-7-9-18-21(11-17)28-12-27-18/h6-11,13-15,23H,12H2,1-5H3,(H,24,25). The van der Waals surface area contributed by atoms with E-state index in [9.17, 15) is 4.79 Å². The van der Waals surface area contributed by atoms with E-state index in [1.54, 1.807) is 25.3 Å². The van der Waals surface area contributed by atoms with Crippen LogP contribution in [0.5, 0.6) is 23.0 Å². The molecular weight excluding hydrogens is 372 g/mol. The number of anilines is 1. The van der Waals surface area contributed by atoms with E-state index in [4.69, 9.17) is 18.9 Å². The molecule has 2 N–H and O–H groups in total. The summed E-state index contributed by atoms with van der Waals surface area (Å²) in [5.41, 5.74) is 1.66. The van der Waals surface area contributed by atoms with Crippen LogP contribution in [0.1, 0.15) is 39.3 Å². The normalized spacial score (nSPS) is 14.4. The number of rotatable bonds is 8. The summed E-state index contributed by atoms with van der Waals surface area (Å²) in [6.45, 7) is 7.97. The largest absolute Gasteiger partial charge is 0.493 e. The van der Waals surface area contributed by atoms with Crippen molar-refractivity contribution in [2.24, 2.45) is 0 Å². The lowest BCUT2D eigenvalue weighted by molar-refractivity contribution is -0.117. The smallest absolute Gasteiger partial charge is 0.241 e. The van der Waals surface area contributed by atoms with E-state index in [0.717, 1.165) is 5.56 Å². The molecule has 2 aromatic rings. The summed E-state index contributed by atoms with van der Waals surface area (Å²) in [4.78, 5) is 12.6. The van der Waals surface area contributed by atoms with Gasteiger partial charge in [-0.2, -0.15) is 0 Å². The lowest BCUT2D eigenvalue weighted by Crippen LogP contribution is -2.39. The first-order valence-electron chi connectivity index (χ1n) is 9.68. The van der Waals surface area contributed by atoms with Crippen LogP contribution in [0.25, 0.3) is 0 Å². The number of carbonyl (C=O) groups is 1. The Morgan fingerprint density at radius 3 is 2.48 bits per heavy atom. The molecule has 156 valence electrons. The van der Waals surface area contributed by atoms with Crippen molar-refractivity contribution in [3.05, 3.63) is 42.0 Å². The summed E-state index contributed by atoms with van der Waals surface area (Å²) in [5, 5.41) is 6.22. The number of amides is 1. The van der Waals surface area contributed by atoms with Gasteiger partial charge in [-0.05, 0) is 57.5 Å². The van der Waals surface area contributed by atoms with Crippen LogP contribution >= 0.6 is 0 Å². The average molecular weight is 400 g/mol. The van der Waals surface area contributed by atoms with Gasteiger partial charge < -0.3 is 24.3 Å². The van der Waals surface area contributed by atoms with Crippen molar-refractivity contribution in [2.75, 3.05) is 19.2 Å². The minimum absolute atomic E-state index is 0.0604. The quantitative estimate of drug-likeness (QED) is 0.700. The zero-order valence-corrected chi connectivity index (χ0v) is 17.4. The maximum Gasteiger partial charge on any atom is 0.241 e. The molecule has 1 aliphatic heterocycles. The van der Waals surface area contributed by atoms with E-state index in [0.29, 0.717) is 28.7 Å². The molecule has 0 radical (unpaired) electrons. The lowest BCUT2D eigenvalue weighted by Gasteiger charge is -2.21. The average Bonchev–Trinajstić information content (AvgIpc) is 3.15. The Kier molecular flexibility index (Phi) is 6.49. The van der Waals surface area contributed by atoms with Gasteiger partial charge in [-0.3, -0.25) is 10.1 Å². The molecule has 1 aliphatic rings. The molecule has 0 fully saturated rings. The Morgan fingerprint density at radius 2 is 1.76 bits per heavy atom. The molecule has 0 spiro atoms. The van der Waals surface area contributed by atoms with E-state index in [1.807, 2.05) is 45.9 Å². The van der Waals surface area contributed by atoms with Crippen LogP contribution in [0.2, 0.25) is 0 Å². The molecule has 0 saturated heterocycles. The molecule has 0 aliphatic carbocycles. The Labute approximate surface area is 171 Å². The molecule has 3 rings (SSSR count). The van der Waals surface area contributed by atoms with Gasteiger partial charge in [0.1, 0.15) is 0 Å². The highest BCUT2D eigenvalue weighted by Gasteiger charge is 2.19. The SMILES string of the molecule is COc1cc(C(C)NC(C)C(=O)Nc2ccc3c(c2)OCO3)ccc1OC(C)C. The summed E-state index contributed by atoms with van der Waals surface area (Å²) in [6, 6.07) is 10.7. The second kappa shape index (κ2) is 9.05. The van der Waals surface area contributed by atoms with Crippen molar-refractivity contribution in [3.8, 4) is 23.0 Å². The predicted molar refractivity (Wildman–Crippen MR) is 111 cm³/mol. The van der Waals surface area contributed by atoms with Crippen LogP contribution in [-0.2, 0) is 4.79 Å². The molecular formula is C22H28N2O5. The van der Waals surface area contributed by atoms with Gasteiger partial charge in [-0.1, -0.05) is 6.07 Å². The van der Waals surface area contributed by atoms with E-state index in [2.05, 4.69) is 10.6 Å². The Balaban J connectivity index is 1.62. The van der Waals surface area contributed by atoms with Crippen molar-refractivity contribution in [1.82, 2.24) is 5.32 Å². The molecule has 0 bridgehead atoms. The lowest BCUT2D eigenvalue weighted by atomic mass is 10.1. The van der Waals surface area contributed by atoms with Gasteiger partial charge in [-0.25, -0.2) is 0 Å². The second-order valence-electron chi connectivity index (χ2n) is 7.24. The first-order valence-corrected chi connectivity index (χ1v) is 9.68. The van der Waals surface area contributed by atoms with Crippen LogP contribution in [0.3, 0.4) is 0 Å². The van der Waals surface area contributed by atoms with Crippen molar-refractivity contribution in [1.29, 1.82) is 0 Å². The van der Waals surface area contributed by atoms with E-state index in [-0.39, 0.29) is 24.8 Å². The molecule has 1 heterocycles. The highest BCUT2D eigenvalue weighted by Crippen LogP contribution is 2.34. The number of hydrogen-bond donors (Lipinski definition) is 2. The number of ether oxygens (including phenoxy) is 4. The van der Waals surface area contributed by atoms with Gasteiger partial charge in [0.05, 0.1) is 19.3 Å². The summed E-state index contributed by atoms with van der Waals surface area (Å²) >= 11 is 0. The molecule has 1 amide bonds. The molecule has 2 aromatic carbocycles. The van der Waals surface area contributed by atoms with Crippen LogP contribution < -0.4 is 29.6 Å². The maximum absolute atomic E-state index is 12.6. The van der Waals surface area contributed by atoms with Crippen molar-refractivity contribution in [2.45, 2.75) is 45.9 Å². The zero-order chi connectivity index (χ0) is 21.0. The third-order valence-electron chi connectivity index (χ3n) is 4.58. The Bertz CT molecular complexity index is 868. The molecule has 7 nitrogen and oxygen atoms in total.